The van der Waals surface area contributed by atoms with Gasteiger partial charge in [0.25, 0.3) is 15.0 Å². The summed E-state index contributed by atoms with van der Waals surface area (Å²) in [6.45, 7) is 4.47. The molecule has 1 aromatic rings. The molecule has 118 valence electrons. The van der Waals surface area contributed by atoms with Gasteiger partial charge in [-0.15, -0.1) is 0 Å². The van der Waals surface area contributed by atoms with Crippen molar-refractivity contribution in [3.63, 3.8) is 0 Å². The van der Waals surface area contributed by atoms with Crippen LogP contribution in [0.4, 0.5) is 0 Å². The fourth-order valence-corrected chi connectivity index (χ4v) is 4.14. The van der Waals surface area contributed by atoms with Gasteiger partial charge in [-0.3, -0.25) is 4.79 Å². The number of ether oxygens (including phenoxy) is 1. The summed E-state index contributed by atoms with van der Waals surface area (Å²) in [5, 5.41) is 2.74. The Balaban J connectivity index is 3.00. The molecular formula is C12H14BrCl2NO4S. The topological polar surface area (TPSA) is 72.5 Å². The molecule has 21 heavy (non-hydrogen) atoms. The third-order valence-electron chi connectivity index (χ3n) is 2.53. The fourth-order valence-electron chi connectivity index (χ4n) is 1.57. The zero-order chi connectivity index (χ0) is 16.2. The molecule has 0 aliphatic heterocycles. The largest absolute Gasteiger partial charge is 0.377 e. The van der Waals surface area contributed by atoms with E-state index in [1.807, 2.05) is 13.8 Å². The van der Waals surface area contributed by atoms with Crippen LogP contribution in [0.1, 0.15) is 24.2 Å². The third-order valence-corrected chi connectivity index (χ3v) is 5.12. The van der Waals surface area contributed by atoms with E-state index >= 15 is 0 Å². The van der Waals surface area contributed by atoms with Crippen LogP contribution in [0.15, 0.2) is 21.5 Å². The monoisotopic (exact) mass is 417 g/mol. The van der Waals surface area contributed by atoms with Crippen LogP contribution in [0.25, 0.3) is 0 Å². The number of benzene rings is 1. The van der Waals surface area contributed by atoms with Gasteiger partial charge in [0.15, 0.2) is 0 Å². The molecular weight excluding hydrogens is 405 g/mol. The zero-order valence-corrected chi connectivity index (χ0v) is 15.2. The molecule has 1 amide bonds. The highest BCUT2D eigenvalue weighted by Gasteiger charge is 2.20. The van der Waals surface area contributed by atoms with Crippen LogP contribution in [0.2, 0.25) is 5.02 Å². The summed E-state index contributed by atoms with van der Waals surface area (Å²) in [6.07, 6.45) is -0.163. The maximum atomic E-state index is 12.1. The van der Waals surface area contributed by atoms with E-state index in [0.717, 1.165) is 6.07 Å². The molecule has 0 aromatic heterocycles. The molecule has 1 unspecified atom stereocenters. The Labute approximate surface area is 141 Å². The molecule has 0 aliphatic carbocycles. The van der Waals surface area contributed by atoms with Crippen LogP contribution in [0.3, 0.4) is 0 Å². The molecule has 0 heterocycles. The van der Waals surface area contributed by atoms with Gasteiger partial charge in [0, 0.05) is 28.3 Å². The number of hydrogen-bond acceptors (Lipinski definition) is 4. The number of carbonyl (C=O) groups is 1. The summed E-state index contributed by atoms with van der Waals surface area (Å²) in [5.74, 6) is -0.499. The Bertz CT molecular complexity index is 636. The molecule has 0 saturated heterocycles. The zero-order valence-electron chi connectivity index (χ0n) is 11.3. The predicted octanol–water partition coefficient (Wildman–Crippen LogP) is 3.18. The first-order chi connectivity index (χ1) is 9.66. The smallest absolute Gasteiger partial charge is 0.262 e. The highest BCUT2D eigenvalue weighted by atomic mass is 79.9. The minimum atomic E-state index is -3.98. The second-order valence-electron chi connectivity index (χ2n) is 4.18. The highest BCUT2D eigenvalue weighted by Crippen LogP contribution is 2.30. The van der Waals surface area contributed by atoms with Crippen molar-refractivity contribution in [3.05, 3.63) is 27.2 Å². The van der Waals surface area contributed by atoms with Gasteiger partial charge >= 0.3 is 0 Å². The van der Waals surface area contributed by atoms with Crippen molar-refractivity contribution < 1.29 is 17.9 Å². The van der Waals surface area contributed by atoms with Crippen molar-refractivity contribution in [3.8, 4) is 0 Å². The number of carbonyl (C=O) groups excluding carboxylic acids is 1. The lowest BCUT2D eigenvalue weighted by Gasteiger charge is -2.13. The van der Waals surface area contributed by atoms with Gasteiger partial charge in [0.2, 0.25) is 0 Å². The summed E-state index contributed by atoms with van der Waals surface area (Å²) in [4.78, 5) is 11.8. The molecule has 9 heteroatoms. The van der Waals surface area contributed by atoms with E-state index < -0.39 is 15.0 Å². The lowest BCUT2D eigenvalue weighted by molar-refractivity contribution is 0.0695. The van der Waals surface area contributed by atoms with Crippen LogP contribution in [0, 0.1) is 0 Å². The lowest BCUT2D eigenvalue weighted by atomic mass is 10.2. The van der Waals surface area contributed by atoms with E-state index in [1.54, 1.807) is 0 Å². The van der Waals surface area contributed by atoms with Gasteiger partial charge < -0.3 is 10.1 Å². The van der Waals surface area contributed by atoms with E-state index in [9.17, 15) is 13.2 Å². The fraction of sp³-hybridized carbons (Fsp3) is 0.417. The number of nitrogens with one attached hydrogen (secondary N) is 1. The van der Waals surface area contributed by atoms with Gasteiger partial charge in [-0.1, -0.05) is 11.6 Å². The minimum Gasteiger partial charge on any atom is -0.377 e. The molecule has 1 rings (SSSR count). The second kappa shape index (κ2) is 7.78. The molecule has 5 nitrogen and oxygen atoms in total. The Hall–Kier alpha value is -0.340. The van der Waals surface area contributed by atoms with Crippen molar-refractivity contribution in [1.29, 1.82) is 0 Å². The number of halogens is 3. The maximum absolute atomic E-state index is 12.1. The standard InChI is InChI=1S/C12H14BrCl2NO4S/c1-3-20-7(2)6-16-12(17)8-4-11(21(15,18)19)9(13)5-10(8)14/h4-5,7H,3,6H2,1-2H3,(H,16,17). The average molecular weight is 419 g/mol. The quantitative estimate of drug-likeness (QED) is 0.720. The Morgan fingerprint density at radius 1 is 1.48 bits per heavy atom. The van der Waals surface area contributed by atoms with Crippen LogP contribution < -0.4 is 5.32 Å². The Kier molecular flexibility index (Phi) is 6.93. The number of rotatable bonds is 6. The van der Waals surface area contributed by atoms with Crippen molar-refractivity contribution >= 4 is 53.2 Å². The second-order valence-corrected chi connectivity index (χ2v) is 7.97. The first-order valence-electron chi connectivity index (χ1n) is 6.00. The average Bonchev–Trinajstić information content (AvgIpc) is 2.34. The molecule has 0 aliphatic rings. The molecule has 0 fully saturated rings. The van der Waals surface area contributed by atoms with Gasteiger partial charge in [-0.05, 0) is 41.9 Å². The predicted molar refractivity (Wildman–Crippen MR) is 85.6 cm³/mol. The lowest BCUT2D eigenvalue weighted by Crippen LogP contribution is -2.32. The summed E-state index contributed by atoms with van der Waals surface area (Å²) in [5.41, 5.74) is 0.0304. The van der Waals surface area contributed by atoms with Gasteiger partial charge in [0.05, 0.1) is 21.6 Å². The number of hydrogen-bond donors (Lipinski definition) is 1. The summed E-state index contributed by atoms with van der Waals surface area (Å²) in [6, 6.07) is 2.45. The summed E-state index contributed by atoms with van der Waals surface area (Å²) in [7, 11) is 1.32. The summed E-state index contributed by atoms with van der Waals surface area (Å²) >= 11 is 9.01. The first-order valence-corrected chi connectivity index (χ1v) is 9.48. The molecule has 0 saturated carbocycles. The van der Waals surface area contributed by atoms with E-state index in [4.69, 9.17) is 27.0 Å². The Morgan fingerprint density at radius 2 is 2.10 bits per heavy atom. The SMILES string of the molecule is CCOC(C)CNC(=O)c1cc(S(=O)(=O)Cl)c(Br)cc1Cl. The molecule has 0 radical (unpaired) electrons. The number of amides is 1. The van der Waals surface area contributed by atoms with E-state index in [0.29, 0.717) is 6.61 Å². The third kappa shape index (κ3) is 5.41. The Morgan fingerprint density at radius 3 is 2.62 bits per heavy atom. The molecule has 0 bridgehead atoms. The minimum absolute atomic E-state index is 0.0304. The van der Waals surface area contributed by atoms with Crippen molar-refractivity contribution in [2.75, 3.05) is 13.2 Å². The van der Waals surface area contributed by atoms with Crippen molar-refractivity contribution in [1.82, 2.24) is 5.32 Å². The van der Waals surface area contributed by atoms with Crippen LogP contribution in [-0.2, 0) is 13.8 Å². The van der Waals surface area contributed by atoms with Gasteiger partial charge in [-0.25, -0.2) is 8.42 Å². The normalized spacial score (nSPS) is 13.0. The molecule has 1 aromatic carbocycles. The molecule has 0 spiro atoms. The van der Waals surface area contributed by atoms with Crippen LogP contribution >= 0.6 is 38.2 Å². The van der Waals surface area contributed by atoms with Gasteiger partial charge in [0.1, 0.15) is 0 Å². The van der Waals surface area contributed by atoms with E-state index in [2.05, 4.69) is 21.2 Å². The van der Waals surface area contributed by atoms with E-state index in [1.165, 1.54) is 6.07 Å². The molecule has 1 atom stereocenters. The van der Waals surface area contributed by atoms with Crippen molar-refractivity contribution in [2.45, 2.75) is 24.8 Å². The van der Waals surface area contributed by atoms with Crippen LogP contribution in [-0.4, -0.2) is 33.6 Å². The maximum Gasteiger partial charge on any atom is 0.262 e. The molecule has 1 N–H and O–H groups in total. The highest BCUT2D eigenvalue weighted by molar-refractivity contribution is 9.10. The first kappa shape index (κ1) is 18.7. The summed E-state index contributed by atoms with van der Waals surface area (Å²) < 4.78 is 28.3. The van der Waals surface area contributed by atoms with Crippen LogP contribution in [0.5, 0.6) is 0 Å². The van der Waals surface area contributed by atoms with Gasteiger partial charge in [-0.2, -0.15) is 0 Å². The van der Waals surface area contributed by atoms with E-state index in [-0.39, 0.29) is 32.6 Å². The van der Waals surface area contributed by atoms with Crippen molar-refractivity contribution in [2.24, 2.45) is 0 Å².